The highest BCUT2D eigenvalue weighted by Crippen LogP contribution is 2.54. The smallest absolute Gasteiger partial charge is 0.208 e. The zero-order chi connectivity index (χ0) is 16.9. The fraction of sp³-hybridized carbons (Fsp3) is 0.200. The van der Waals surface area contributed by atoms with E-state index in [4.69, 9.17) is 4.74 Å². The molecule has 1 aliphatic rings. The number of aliphatic hydroxyl groups excluding tert-OH is 1. The van der Waals surface area contributed by atoms with Gasteiger partial charge in [0.2, 0.25) is 17.2 Å². The molecule has 0 fully saturated rings. The number of aromatic hydroxyl groups is 6. The van der Waals surface area contributed by atoms with Gasteiger partial charge < -0.3 is 40.5 Å². The summed E-state index contributed by atoms with van der Waals surface area (Å²) >= 11 is 0. The number of hydrogen-bond donors (Lipinski definition) is 7. The first-order valence-corrected chi connectivity index (χ1v) is 6.66. The van der Waals surface area contributed by atoms with E-state index in [1.807, 2.05) is 0 Å². The summed E-state index contributed by atoms with van der Waals surface area (Å²) in [7, 11) is 0. The van der Waals surface area contributed by atoms with Crippen molar-refractivity contribution < 1.29 is 40.5 Å². The summed E-state index contributed by atoms with van der Waals surface area (Å²) in [6, 6.07) is 3.80. The van der Waals surface area contributed by atoms with Crippen molar-refractivity contribution in [2.24, 2.45) is 0 Å². The fourth-order valence-electron chi connectivity index (χ4n) is 2.57. The minimum atomic E-state index is -1.17. The highest BCUT2D eigenvalue weighted by molar-refractivity contribution is 5.68. The van der Waals surface area contributed by atoms with E-state index in [-0.39, 0.29) is 23.5 Å². The lowest BCUT2D eigenvalue weighted by Gasteiger charge is -2.32. The second-order valence-corrected chi connectivity index (χ2v) is 5.26. The van der Waals surface area contributed by atoms with Crippen molar-refractivity contribution >= 4 is 0 Å². The first kappa shape index (κ1) is 14.9. The van der Waals surface area contributed by atoms with Crippen molar-refractivity contribution in [3.63, 3.8) is 0 Å². The van der Waals surface area contributed by atoms with Crippen molar-refractivity contribution in [1.29, 1.82) is 0 Å². The van der Waals surface area contributed by atoms with E-state index in [2.05, 4.69) is 0 Å². The lowest BCUT2D eigenvalue weighted by Crippen LogP contribution is -2.30. The lowest BCUT2D eigenvalue weighted by molar-refractivity contribution is 0.0175. The van der Waals surface area contributed by atoms with E-state index < -0.39 is 41.0 Å². The number of phenolic OH excluding ortho intramolecular Hbond substituents is 6. The quantitative estimate of drug-likeness (QED) is 0.303. The third-order valence-corrected chi connectivity index (χ3v) is 3.78. The summed E-state index contributed by atoms with van der Waals surface area (Å²) in [6.45, 7) is 0. The molecule has 0 amide bonds. The van der Waals surface area contributed by atoms with E-state index in [0.29, 0.717) is 5.56 Å². The van der Waals surface area contributed by atoms with Crippen molar-refractivity contribution in [2.45, 2.75) is 18.6 Å². The first-order valence-electron chi connectivity index (χ1n) is 6.66. The summed E-state index contributed by atoms with van der Waals surface area (Å²) in [5, 5.41) is 67.9. The predicted molar refractivity (Wildman–Crippen MR) is 76.0 cm³/mol. The fourth-order valence-corrected chi connectivity index (χ4v) is 2.57. The summed E-state index contributed by atoms with van der Waals surface area (Å²) in [5.74, 6) is -4.34. The molecule has 122 valence electrons. The molecular weight excluding hydrogens is 308 g/mol. The summed E-state index contributed by atoms with van der Waals surface area (Å²) < 4.78 is 5.45. The highest BCUT2D eigenvalue weighted by Gasteiger charge is 2.36. The van der Waals surface area contributed by atoms with Gasteiger partial charge >= 0.3 is 0 Å². The molecule has 0 spiro atoms. The van der Waals surface area contributed by atoms with Gasteiger partial charge in [-0.2, -0.15) is 0 Å². The van der Waals surface area contributed by atoms with Crippen LogP contribution in [0.5, 0.6) is 40.2 Å². The predicted octanol–water partition coefficient (Wildman–Crippen LogP) is 0.957. The molecule has 8 nitrogen and oxygen atoms in total. The minimum Gasteiger partial charge on any atom is -0.504 e. The van der Waals surface area contributed by atoms with Gasteiger partial charge in [-0.25, -0.2) is 0 Å². The molecule has 3 rings (SSSR count). The Morgan fingerprint density at radius 1 is 0.826 bits per heavy atom. The highest BCUT2D eigenvalue weighted by atomic mass is 16.5. The molecule has 1 aliphatic heterocycles. The molecule has 0 unspecified atom stereocenters. The average molecular weight is 322 g/mol. The molecule has 0 saturated carbocycles. The number of benzene rings is 2. The van der Waals surface area contributed by atoms with Crippen LogP contribution in [0.15, 0.2) is 18.2 Å². The molecule has 2 atom stereocenters. The normalized spacial score (nSPS) is 19.9. The van der Waals surface area contributed by atoms with Gasteiger partial charge in [0, 0.05) is 12.0 Å². The van der Waals surface area contributed by atoms with Gasteiger partial charge in [0.05, 0.1) is 6.10 Å². The molecule has 0 saturated heterocycles. The van der Waals surface area contributed by atoms with Crippen LogP contribution >= 0.6 is 0 Å². The van der Waals surface area contributed by atoms with Crippen molar-refractivity contribution in [2.75, 3.05) is 0 Å². The number of ether oxygens (including phenoxy) is 1. The Morgan fingerprint density at radius 2 is 1.48 bits per heavy atom. The van der Waals surface area contributed by atoms with Crippen LogP contribution in [0.1, 0.15) is 17.2 Å². The maximum absolute atomic E-state index is 10.2. The van der Waals surface area contributed by atoms with Gasteiger partial charge in [-0.3, -0.25) is 0 Å². The standard InChI is InChI=1S/C15H14O8/c16-7-2-1-5(3-8(7)17)14-9(18)4-6-10(19)11(20)12(21)13(22)15(6)23-14/h1-3,9,14,16-22H,4H2/t9-,14-/m1/s1. The summed E-state index contributed by atoms with van der Waals surface area (Å²) in [6.07, 6.45) is -2.36. The van der Waals surface area contributed by atoms with Crippen molar-refractivity contribution in [1.82, 2.24) is 0 Å². The van der Waals surface area contributed by atoms with Crippen LogP contribution in [0.2, 0.25) is 0 Å². The van der Waals surface area contributed by atoms with Crippen molar-refractivity contribution in [3.8, 4) is 40.2 Å². The SMILES string of the molecule is Oc1ccc([C@H]2Oc3c(O)c(O)c(O)c(O)c3C[C@H]2O)cc1O. The number of phenols is 6. The van der Waals surface area contributed by atoms with Crippen LogP contribution in [0, 0.1) is 0 Å². The third-order valence-electron chi connectivity index (χ3n) is 3.78. The molecule has 2 aromatic rings. The number of rotatable bonds is 1. The Morgan fingerprint density at radius 3 is 2.13 bits per heavy atom. The lowest BCUT2D eigenvalue weighted by atomic mass is 9.93. The summed E-state index contributed by atoms with van der Waals surface area (Å²) in [4.78, 5) is 0. The minimum absolute atomic E-state index is 0.0513. The van der Waals surface area contributed by atoms with Gasteiger partial charge in [-0.1, -0.05) is 6.07 Å². The van der Waals surface area contributed by atoms with Crippen LogP contribution in [-0.2, 0) is 6.42 Å². The van der Waals surface area contributed by atoms with Gasteiger partial charge in [0.25, 0.3) is 0 Å². The monoisotopic (exact) mass is 322 g/mol. The van der Waals surface area contributed by atoms with Gasteiger partial charge in [-0.15, -0.1) is 0 Å². The van der Waals surface area contributed by atoms with Gasteiger partial charge in [-0.05, 0) is 17.7 Å². The maximum atomic E-state index is 10.2. The van der Waals surface area contributed by atoms with E-state index in [0.717, 1.165) is 0 Å². The molecule has 8 heteroatoms. The van der Waals surface area contributed by atoms with Crippen LogP contribution in [0.25, 0.3) is 0 Å². The topological polar surface area (TPSA) is 151 Å². The average Bonchev–Trinajstić information content (AvgIpc) is 2.53. The number of aliphatic hydroxyl groups is 1. The second-order valence-electron chi connectivity index (χ2n) is 5.26. The van der Waals surface area contributed by atoms with E-state index in [1.165, 1.54) is 18.2 Å². The number of hydrogen-bond acceptors (Lipinski definition) is 8. The Labute approximate surface area is 129 Å². The van der Waals surface area contributed by atoms with Crippen LogP contribution in [-0.4, -0.2) is 41.8 Å². The van der Waals surface area contributed by atoms with Crippen molar-refractivity contribution in [3.05, 3.63) is 29.3 Å². The Hall–Kier alpha value is -3.00. The van der Waals surface area contributed by atoms with E-state index in [9.17, 15) is 35.7 Å². The molecule has 7 N–H and O–H groups in total. The Bertz CT molecular complexity index is 786. The largest absolute Gasteiger partial charge is 0.504 e. The van der Waals surface area contributed by atoms with Crippen LogP contribution < -0.4 is 4.74 Å². The van der Waals surface area contributed by atoms with Crippen LogP contribution in [0.3, 0.4) is 0 Å². The molecule has 0 aromatic heterocycles. The molecule has 0 bridgehead atoms. The van der Waals surface area contributed by atoms with Crippen LogP contribution in [0.4, 0.5) is 0 Å². The molecule has 0 aliphatic carbocycles. The second kappa shape index (κ2) is 5.03. The Balaban J connectivity index is 2.08. The van der Waals surface area contributed by atoms with Gasteiger partial charge in [0.15, 0.2) is 29.1 Å². The molecule has 1 heterocycles. The molecular formula is C15H14O8. The van der Waals surface area contributed by atoms with E-state index in [1.54, 1.807) is 0 Å². The first-order chi connectivity index (χ1) is 10.8. The summed E-state index contributed by atoms with van der Waals surface area (Å²) in [5.41, 5.74) is 0.259. The Kier molecular flexibility index (Phi) is 3.26. The van der Waals surface area contributed by atoms with E-state index >= 15 is 0 Å². The van der Waals surface area contributed by atoms with Gasteiger partial charge in [0.1, 0.15) is 0 Å². The molecule has 0 radical (unpaired) electrons. The third kappa shape index (κ3) is 2.20. The zero-order valence-electron chi connectivity index (χ0n) is 11.6. The zero-order valence-corrected chi connectivity index (χ0v) is 11.6. The maximum Gasteiger partial charge on any atom is 0.208 e. The molecule has 23 heavy (non-hydrogen) atoms. The molecule has 2 aromatic carbocycles. The number of fused-ring (bicyclic) bond motifs is 1.